The first kappa shape index (κ1) is 9.74. The molecule has 0 saturated heterocycles. The van der Waals surface area contributed by atoms with Gasteiger partial charge in [0.1, 0.15) is 0 Å². The zero-order valence-electron chi connectivity index (χ0n) is 7.27. The fraction of sp³-hybridized carbons (Fsp3) is 0.700. The quantitative estimate of drug-likeness (QED) is 0.510. The zero-order valence-corrected chi connectivity index (χ0v) is 7.27. The Labute approximate surface area is 65.3 Å². The Morgan fingerprint density at radius 1 is 1.20 bits per heavy atom. The molecule has 0 heteroatoms. The fourth-order valence-electron chi connectivity index (χ4n) is 1.03. The largest absolute Gasteiger partial charge is 0.0885 e. The first-order valence-corrected chi connectivity index (χ1v) is 4.29. The summed E-state index contributed by atoms with van der Waals surface area (Å²) in [5, 5.41) is 0. The highest BCUT2D eigenvalue weighted by Crippen LogP contribution is 2.12. The van der Waals surface area contributed by atoms with Gasteiger partial charge in [-0.25, -0.2) is 0 Å². The first-order chi connectivity index (χ1) is 4.85. The van der Waals surface area contributed by atoms with Crippen LogP contribution in [0.4, 0.5) is 0 Å². The summed E-state index contributed by atoms with van der Waals surface area (Å²) in [5.41, 5.74) is 0. The van der Waals surface area contributed by atoms with Crippen molar-refractivity contribution in [2.75, 3.05) is 0 Å². The number of hydrogen-bond acceptors (Lipinski definition) is 0. The predicted molar refractivity (Wildman–Crippen MR) is 47.8 cm³/mol. The van der Waals surface area contributed by atoms with Gasteiger partial charge in [-0.3, -0.25) is 0 Å². The van der Waals surface area contributed by atoms with E-state index in [1.54, 1.807) is 0 Å². The van der Waals surface area contributed by atoms with Crippen molar-refractivity contribution in [2.45, 2.75) is 39.5 Å². The minimum atomic E-state index is 0.891. The Balaban J connectivity index is 3.34. The lowest BCUT2D eigenvalue weighted by Crippen LogP contribution is -1.93. The van der Waals surface area contributed by atoms with Gasteiger partial charge in [0.05, 0.1) is 0 Å². The van der Waals surface area contributed by atoms with E-state index in [0.717, 1.165) is 12.3 Å². The van der Waals surface area contributed by atoms with E-state index >= 15 is 0 Å². The molecule has 0 bridgehead atoms. The van der Waals surface area contributed by atoms with Crippen molar-refractivity contribution in [3.63, 3.8) is 0 Å². The van der Waals surface area contributed by atoms with E-state index in [-0.39, 0.29) is 0 Å². The van der Waals surface area contributed by atoms with Crippen LogP contribution in [0, 0.1) is 12.8 Å². The smallest absolute Gasteiger partial charge is 0.0322 e. The van der Waals surface area contributed by atoms with Crippen molar-refractivity contribution in [1.29, 1.82) is 0 Å². The van der Waals surface area contributed by atoms with Crippen LogP contribution in [-0.4, -0.2) is 0 Å². The van der Waals surface area contributed by atoms with Gasteiger partial charge >= 0.3 is 0 Å². The average molecular weight is 139 g/mol. The second-order valence-electron chi connectivity index (χ2n) is 2.68. The van der Waals surface area contributed by atoms with Gasteiger partial charge in [0.2, 0.25) is 0 Å². The molecule has 0 aromatic heterocycles. The summed E-state index contributed by atoms with van der Waals surface area (Å²) in [7, 11) is 0. The molecule has 0 aliphatic carbocycles. The topological polar surface area (TPSA) is 0 Å². The van der Waals surface area contributed by atoms with Gasteiger partial charge in [0.25, 0.3) is 0 Å². The maximum Gasteiger partial charge on any atom is -0.0322 e. The summed E-state index contributed by atoms with van der Waals surface area (Å²) in [6.45, 7) is 8.26. The Hall–Kier alpha value is -0.260. The highest BCUT2D eigenvalue weighted by atomic mass is 14.0. The summed E-state index contributed by atoms with van der Waals surface area (Å²) in [4.78, 5) is 0. The lowest BCUT2D eigenvalue weighted by molar-refractivity contribution is 0.499. The van der Waals surface area contributed by atoms with Gasteiger partial charge in [-0.1, -0.05) is 38.8 Å². The molecule has 0 aromatic carbocycles. The van der Waals surface area contributed by atoms with Crippen LogP contribution in [0.3, 0.4) is 0 Å². The van der Waals surface area contributed by atoms with Crippen molar-refractivity contribution in [3.05, 3.63) is 19.1 Å². The van der Waals surface area contributed by atoms with Gasteiger partial charge in [0.15, 0.2) is 0 Å². The molecule has 0 rings (SSSR count). The molecule has 1 radical (unpaired) electrons. The van der Waals surface area contributed by atoms with Crippen molar-refractivity contribution >= 4 is 0 Å². The molecule has 0 heterocycles. The molecule has 0 spiro atoms. The monoisotopic (exact) mass is 139 g/mol. The molecule has 59 valence electrons. The van der Waals surface area contributed by atoms with Gasteiger partial charge in [0, 0.05) is 0 Å². The van der Waals surface area contributed by atoms with Crippen molar-refractivity contribution < 1.29 is 0 Å². The summed E-state index contributed by atoms with van der Waals surface area (Å²) >= 11 is 0. The molecule has 0 aliphatic heterocycles. The van der Waals surface area contributed by atoms with E-state index in [9.17, 15) is 0 Å². The maximum atomic E-state index is 3.75. The SMILES string of the molecule is [CH2]C/C=C/CC(CC)CC. The second kappa shape index (κ2) is 6.85. The maximum absolute atomic E-state index is 3.75. The van der Waals surface area contributed by atoms with Gasteiger partial charge in [-0.05, 0) is 25.7 Å². The Morgan fingerprint density at radius 3 is 2.20 bits per heavy atom. The number of allylic oxidation sites excluding steroid dienone is 2. The molecule has 0 amide bonds. The lowest BCUT2D eigenvalue weighted by atomic mass is 9.99. The van der Waals surface area contributed by atoms with E-state index in [0.29, 0.717) is 0 Å². The van der Waals surface area contributed by atoms with Crippen LogP contribution in [0.15, 0.2) is 12.2 Å². The van der Waals surface area contributed by atoms with E-state index < -0.39 is 0 Å². The van der Waals surface area contributed by atoms with Crippen LogP contribution in [0.1, 0.15) is 39.5 Å². The minimum absolute atomic E-state index is 0.891. The molecule has 0 fully saturated rings. The lowest BCUT2D eigenvalue weighted by Gasteiger charge is -2.07. The third-order valence-corrected chi connectivity index (χ3v) is 1.96. The van der Waals surface area contributed by atoms with Crippen molar-refractivity contribution in [2.24, 2.45) is 5.92 Å². The first-order valence-electron chi connectivity index (χ1n) is 4.29. The third-order valence-electron chi connectivity index (χ3n) is 1.96. The van der Waals surface area contributed by atoms with Crippen molar-refractivity contribution in [3.8, 4) is 0 Å². The van der Waals surface area contributed by atoms with E-state index in [1.807, 2.05) is 0 Å². The molecule has 0 N–H and O–H groups in total. The van der Waals surface area contributed by atoms with E-state index in [4.69, 9.17) is 0 Å². The van der Waals surface area contributed by atoms with Crippen LogP contribution < -0.4 is 0 Å². The van der Waals surface area contributed by atoms with E-state index in [1.165, 1.54) is 19.3 Å². The molecule has 0 aromatic rings. The highest BCUT2D eigenvalue weighted by Gasteiger charge is 1.98. The average Bonchev–Trinajstić information content (AvgIpc) is 1.99. The molecule has 0 unspecified atom stereocenters. The fourth-order valence-corrected chi connectivity index (χ4v) is 1.03. The molecule has 0 saturated carbocycles. The molecular formula is C10H19. The van der Waals surface area contributed by atoms with Crippen LogP contribution in [-0.2, 0) is 0 Å². The summed E-state index contributed by atoms with van der Waals surface area (Å²) in [6.07, 6.45) is 9.18. The molecule has 0 aliphatic rings. The third kappa shape index (κ3) is 4.60. The van der Waals surface area contributed by atoms with Gasteiger partial charge in [-0.15, -0.1) is 0 Å². The van der Waals surface area contributed by atoms with E-state index in [2.05, 4.69) is 32.9 Å². The zero-order chi connectivity index (χ0) is 7.82. The Bertz CT molecular complexity index is 78.0. The molecule has 0 atom stereocenters. The van der Waals surface area contributed by atoms with Gasteiger partial charge < -0.3 is 0 Å². The normalized spacial score (nSPS) is 11.6. The Kier molecular flexibility index (Phi) is 6.68. The van der Waals surface area contributed by atoms with Crippen molar-refractivity contribution in [1.82, 2.24) is 0 Å². The van der Waals surface area contributed by atoms with Crippen LogP contribution in [0.2, 0.25) is 0 Å². The van der Waals surface area contributed by atoms with Crippen LogP contribution in [0.25, 0.3) is 0 Å². The van der Waals surface area contributed by atoms with Crippen LogP contribution >= 0.6 is 0 Å². The second-order valence-corrected chi connectivity index (χ2v) is 2.68. The molecule has 0 nitrogen and oxygen atoms in total. The molecule has 10 heavy (non-hydrogen) atoms. The predicted octanol–water partition coefficient (Wildman–Crippen LogP) is 3.59. The summed E-state index contributed by atoms with van der Waals surface area (Å²) in [6, 6.07) is 0. The minimum Gasteiger partial charge on any atom is -0.0885 e. The number of hydrogen-bond donors (Lipinski definition) is 0. The summed E-state index contributed by atoms with van der Waals surface area (Å²) < 4.78 is 0. The van der Waals surface area contributed by atoms with Gasteiger partial charge in [-0.2, -0.15) is 0 Å². The van der Waals surface area contributed by atoms with Crippen LogP contribution in [0.5, 0.6) is 0 Å². The standard InChI is InChI=1S/C10H19/c1-4-7-8-9-10(5-2)6-3/h7-8,10H,1,4-6,9H2,2-3H3/b8-7+. The molecular weight excluding hydrogens is 120 g/mol. The Morgan fingerprint density at radius 2 is 1.80 bits per heavy atom. The summed E-state index contributed by atoms with van der Waals surface area (Å²) in [5.74, 6) is 0.891. The highest BCUT2D eigenvalue weighted by molar-refractivity contribution is 4.83. The number of rotatable bonds is 5.